The number of nitrogens with zero attached hydrogens (tertiary/aromatic N) is 1. The zero-order chi connectivity index (χ0) is 13.3. The second-order valence-corrected chi connectivity index (χ2v) is 5.11. The molecule has 0 atom stereocenters. The summed E-state index contributed by atoms with van der Waals surface area (Å²) in [4.78, 5) is 4.24. The molecular formula is C12H11BrClFN2O. The first-order valence-corrected chi connectivity index (χ1v) is 6.46. The first-order valence-electron chi connectivity index (χ1n) is 5.28. The van der Waals surface area contributed by atoms with Crippen molar-refractivity contribution in [2.75, 3.05) is 5.32 Å². The summed E-state index contributed by atoms with van der Waals surface area (Å²) in [5.74, 6) is 0.966. The molecule has 0 aliphatic rings. The van der Waals surface area contributed by atoms with E-state index in [2.05, 4.69) is 26.2 Å². The van der Waals surface area contributed by atoms with E-state index in [1.165, 1.54) is 12.1 Å². The maximum atomic E-state index is 13.1. The molecule has 0 saturated heterocycles. The van der Waals surface area contributed by atoms with E-state index in [0.29, 0.717) is 27.6 Å². The van der Waals surface area contributed by atoms with E-state index in [1.54, 1.807) is 0 Å². The van der Waals surface area contributed by atoms with E-state index in [1.807, 2.05) is 13.8 Å². The lowest BCUT2D eigenvalue weighted by atomic mass is 10.3. The maximum Gasteiger partial charge on any atom is 0.213 e. The Morgan fingerprint density at radius 2 is 2.17 bits per heavy atom. The van der Waals surface area contributed by atoms with Gasteiger partial charge in [-0.3, -0.25) is 0 Å². The number of oxazole rings is 1. The van der Waals surface area contributed by atoms with Crippen molar-refractivity contribution in [1.29, 1.82) is 0 Å². The SMILES string of the molecule is Cc1nc(CNc2c(Cl)cc(F)cc2Br)oc1C. The van der Waals surface area contributed by atoms with Gasteiger partial charge >= 0.3 is 0 Å². The largest absolute Gasteiger partial charge is 0.444 e. The molecule has 3 nitrogen and oxygen atoms in total. The first kappa shape index (κ1) is 13.4. The predicted octanol–water partition coefficient (Wildman–Crippen LogP) is 4.46. The van der Waals surface area contributed by atoms with E-state index in [0.717, 1.165) is 11.5 Å². The van der Waals surface area contributed by atoms with Gasteiger partial charge < -0.3 is 9.73 Å². The lowest BCUT2D eigenvalue weighted by Crippen LogP contribution is -2.01. The summed E-state index contributed by atoms with van der Waals surface area (Å²) in [6.45, 7) is 4.12. The van der Waals surface area contributed by atoms with Gasteiger partial charge in [-0.25, -0.2) is 9.37 Å². The van der Waals surface area contributed by atoms with Crippen LogP contribution in [0.4, 0.5) is 10.1 Å². The molecule has 0 radical (unpaired) electrons. The second kappa shape index (κ2) is 5.28. The van der Waals surface area contributed by atoms with Crippen LogP contribution in [-0.2, 0) is 6.54 Å². The highest BCUT2D eigenvalue weighted by Gasteiger charge is 2.10. The zero-order valence-corrected chi connectivity index (χ0v) is 12.2. The molecule has 0 spiro atoms. The Balaban J connectivity index is 2.15. The number of halogens is 3. The molecule has 1 aromatic carbocycles. The molecule has 1 heterocycles. The van der Waals surface area contributed by atoms with Crippen molar-refractivity contribution in [3.8, 4) is 0 Å². The second-order valence-electron chi connectivity index (χ2n) is 3.85. The number of anilines is 1. The van der Waals surface area contributed by atoms with Gasteiger partial charge in [-0.15, -0.1) is 0 Å². The van der Waals surface area contributed by atoms with Crippen LogP contribution in [0.3, 0.4) is 0 Å². The molecule has 2 rings (SSSR count). The number of hydrogen-bond acceptors (Lipinski definition) is 3. The van der Waals surface area contributed by atoms with E-state index in [9.17, 15) is 4.39 Å². The van der Waals surface area contributed by atoms with Crippen molar-refractivity contribution >= 4 is 33.2 Å². The number of rotatable bonds is 3. The number of hydrogen-bond donors (Lipinski definition) is 1. The average molecular weight is 334 g/mol. The summed E-state index contributed by atoms with van der Waals surface area (Å²) in [5.41, 5.74) is 1.47. The van der Waals surface area contributed by atoms with E-state index >= 15 is 0 Å². The van der Waals surface area contributed by atoms with E-state index in [4.69, 9.17) is 16.0 Å². The van der Waals surface area contributed by atoms with Crippen molar-refractivity contribution in [3.63, 3.8) is 0 Å². The minimum absolute atomic E-state index is 0.307. The van der Waals surface area contributed by atoms with Crippen LogP contribution in [-0.4, -0.2) is 4.98 Å². The van der Waals surface area contributed by atoms with Gasteiger partial charge in [0.2, 0.25) is 5.89 Å². The molecule has 1 N–H and O–H groups in total. The van der Waals surface area contributed by atoms with Gasteiger partial charge in [0.25, 0.3) is 0 Å². The number of aryl methyl sites for hydroxylation is 2. The highest BCUT2D eigenvalue weighted by molar-refractivity contribution is 9.10. The van der Waals surface area contributed by atoms with Crippen molar-refractivity contribution in [1.82, 2.24) is 4.98 Å². The normalized spacial score (nSPS) is 10.7. The van der Waals surface area contributed by atoms with Crippen LogP contribution >= 0.6 is 27.5 Å². The summed E-state index contributed by atoms with van der Waals surface area (Å²) < 4.78 is 19.1. The minimum Gasteiger partial charge on any atom is -0.444 e. The Hall–Kier alpha value is -1.07. The summed E-state index contributed by atoms with van der Waals surface area (Å²) in [6.07, 6.45) is 0. The average Bonchev–Trinajstić information content (AvgIpc) is 2.56. The Morgan fingerprint density at radius 1 is 1.44 bits per heavy atom. The van der Waals surface area contributed by atoms with Gasteiger partial charge in [-0.1, -0.05) is 11.6 Å². The smallest absolute Gasteiger partial charge is 0.213 e. The third kappa shape index (κ3) is 2.84. The van der Waals surface area contributed by atoms with E-state index in [-0.39, 0.29) is 5.82 Å². The molecule has 0 aliphatic heterocycles. The van der Waals surface area contributed by atoms with Gasteiger partial charge in [0.1, 0.15) is 11.6 Å². The Labute approximate surface area is 117 Å². The highest BCUT2D eigenvalue weighted by atomic mass is 79.9. The fourth-order valence-corrected chi connectivity index (χ4v) is 2.45. The van der Waals surface area contributed by atoms with Gasteiger partial charge in [0, 0.05) is 4.47 Å². The molecule has 0 saturated carbocycles. The summed E-state index contributed by atoms with van der Waals surface area (Å²) in [6, 6.07) is 2.60. The highest BCUT2D eigenvalue weighted by Crippen LogP contribution is 2.32. The number of nitrogens with one attached hydrogen (secondary N) is 1. The van der Waals surface area contributed by atoms with Gasteiger partial charge in [-0.05, 0) is 41.9 Å². The fourth-order valence-electron chi connectivity index (χ4n) is 1.49. The Morgan fingerprint density at radius 3 is 2.72 bits per heavy atom. The molecule has 2 aromatic rings. The minimum atomic E-state index is -0.389. The standard InChI is InChI=1S/C12H11BrClFN2O/c1-6-7(2)18-11(17-6)5-16-12-9(13)3-8(15)4-10(12)14/h3-4,16H,5H2,1-2H3. The molecule has 0 fully saturated rings. The molecule has 1 aromatic heterocycles. The molecule has 0 bridgehead atoms. The van der Waals surface area contributed by atoms with E-state index < -0.39 is 0 Å². The first-order chi connectivity index (χ1) is 8.47. The Bertz CT molecular complexity index is 543. The fraction of sp³-hybridized carbons (Fsp3) is 0.250. The molecule has 0 aliphatic carbocycles. The maximum absolute atomic E-state index is 13.1. The van der Waals surface area contributed by atoms with Crippen molar-refractivity contribution < 1.29 is 8.81 Å². The van der Waals surface area contributed by atoms with Crippen molar-refractivity contribution in [2.24, 2.45) is 0 Å². The van der Waals surface area contributed by atoms with Gasteiger partial charge in [0.15, 0.2) is 0 Å². The molecule has 6 heteroatoms. The van der Waals surface area contributed by atoms with Crippen LogP contribution in [0.2, 0.25) is 5.02 Å². The van der Waals surface area contributed by atoms with Crippen LogP contribution in [0, 0.1) is 19.7 Å². The number of benzene rings is 1. The Kier molecular flexibility index (Phi) is 3.92. The zero-order valence-electron chi connectivity index (χ0n) is 9.85. The van der Waals surface area contributed by atoms with Gasteiger partial charge in [-0.2, -0.15) is 0 Å². The third-order valence-corrected chi connectivity index (χ3v) is 3.42. The lowest BCUT2D eigenvalue weighted by Gasteiger charge is -2.08. The molecule has 0 amide bonds. The predicted molar refractivity (Wildman–Crippen MR) is 72.4 cm³/mol. The van der Waals surface area contributed by atoms with Crippen molar-refractivity contribution in [2.45, 2.75) is 20.4 Å². The van der Waals surface area contributed by atoms with Crippen LogP contribution < -0.4 is 5.32 Å². The molecule has 18 heavy (non-hydrogen) atoms. The number of aromatic nitrogens is 1. The van der Waals surface area contributed by atoms with Crippen LogP contribution in [0.5, 0.6) is 0 Å². The molecule has 96 valence electrons. The topological polar surface area (TPSA) is 38.1 Å². The van der Waals surface area contributed by atoms with Crippen LogP contribution in [0.15, 0.2) is 21.0 Å². The summed E-state index contributed by atoms with van der Waals surface area (Å²) in [7, 11) is 0. The summed E-state index contributed by atoms with van der Waals surface area (Å²) in [5, 5.41) is 3.37. The van der Waals surface area contributed by atoms with Crippen molar-refractivity contribution in [3.05, 3.63) is 44.8 Å². The van der Waals surface area contributed by atoms with Crippen LogP contribution in [0.25, 0.3) is 0 Å². The third-order valence-electron chi connectivity index (χ3n) is 2.50. The molecule has 0 unspecified atom stereocenters. The van der Waals surface area contributed by atoms with Crippen LogP contribution in [0.1, 0.15) is 17.3 Å². The lowest BCUT2D eigenvalue weighted by molar-refractivity contribution is 0.478. The summed E-state index contributed by atoms with van der Waals surface area (Å²) >= 11 is 9.21. The molecular weight excluding hydrogens is 322 g/mol. The van der Waals surface area contributed by atoms with Gasteiger partial charge in [0.05, 0.1) is 22.9 Å². The quantitative estimate of drug-likeness (QED) is 0.901. The monoisotopic (exact) mass is 332 g/mol.